The normalized spacial score (nSPS) is 10.9. The Morgan fingerprint density at radius 2 is 2.13 bits per heavy atom. The topological polar surface area (TPSA) is 43.8 Å². The maximum Gasteiger partial charge on any atom is 0.0992 e. The number of nitrogens with zero attached hydrogens (tertiary/aromatic N) is 2. The van der Waals surface area contributed by atoms with Crippen molar-refractivity contribution in [1.29, 1.82) is 0 Å². The summed E-state index contributed by atoms with van der Waals surface area (Å²) < 4.78 is 1.92. The zero-order valence-corrected chi connectivity index (χ0v) is 9.01. The number of benzene rings is 1. The van der Waals surface area contributed by atoms with Crippen LogP contribution >= 0.6 is 0 Å². The van der Waals surface area contributed by atoms with Crippen LogP contribution in [0.1, 0.15) is 25.3 Å². The molecule has 0 atom stereocenters. The third-order valence-electron chi connectivity index (χ3n) is 2.50. The first kappa shape index (κ1) is 9.77. The van der Waals surface area contributed by atoms with Gasteiger partial charge in [-0.25, -0.2) is 4.98 Å². The van der Waals surface area contributed by atoms with Crippen LogP contribution in [0, 0.1) is 0 Å². The van der Waals surface area contributed by atoms with E-state index in [0.717, 1.165) is 11.4 Å². The lowest BCUT2D eigenvalue weighted by atomic mass is 10.0. The summed E-state index contributed by atoms with van der Waals surface area (Å²) in [6.45, 7) is 4.32. The first-order chi connectivity index (χ1) is 7.18. The number of aromatic nitrogens is 2. The lowest BCUT2D eigenvalue weighted by Gasteiger charge is -2.10. The molecule has 3 heteroatoms. The Hall–Kier alpha value is -1.77. The number of imidazole rings is 1. The molecule has 2 rings (SSSR count). The van der Waals surface area contributed by atoms with Gasteiger partial charge in [-0.05, 0) is 23.6 Å². The standard InChI is InChI=1S/C12H15N3/c1-9(2)10-3-4-12(11(13)7-10)15-6-5-14-8-15/h3-9H,13H2,1-2H3. The first-order valence-electron chi connectivity index (χ1n) is 5.06. The molecule has 0 aliphatic heterocycles. The number of nitrogens with two attached hydrogens (primary N) is 1. The van der Waals surface area contributed by atoms with Gasteiger partial charge in [-0.3, -0.25) is 0 Å². The summed E-state index contributed by atoms with van der Waals surface area (Å²) >= 11 is 0. The fourth-order valence-electron chi connectivity index (χ4n) is 1.57. The van der Waals surface area contributed by atoms with Crippen LogP contribution in [-0.4, -0.2) is 9.55 Å². The molecule has 15 heavy (non-hydrogen) atoms. The molecule has 1 aromatic carbocycles. The van der Waals surface area contributed by atoms with E-state index in [4.69, 9.17) is 5.73 Å². The van der Waals surface area contributed by atoms with Gasteiger partial charge >= 0.3 is 0 Å². The highest BCUT2D eigenvalue weighted by Gasteiger charge is 2.04. The van der Waals surface area contributed by atoms with E-state index >= 15 is 0 Å². The van der Waals surface area contributed by atoms with E-state index in [0.29, 0.717) is 5.92 Å². The highest BCUT2D eigenvalue weighted by molar-refractivity contribution is 5.59. The minimum atomic E-state index is 0.504. The Kier molecular flexibility index (Phi) is 2.46. The molecule has 3 nitrogen and oxygen atoms in total. The molecule has 0 spiro atoms. The molecule has 0 aliphatic rings. The zero-order chi connectivity index (χ0) is 10.8. The van der Waals surface area contributed by atoms with Crippen LogP contribution in [0.4, 0.5) is 5.69 Å². The van der Waals surface area contributed by atoms with Gasteiger partial charge < -0.3 is 10.3 Å². The molecule has 0 aliphatic carbocycles. The summed E-state index contributed by atoms with van der Waals surface area (Å²) in [4.78, 5) is 4.00. The second kappa shape index (κ2) is 3.77. The molecule has 0 amide bonds. The van der Waals surface area contributed by atoms with Gasteiger partial charge in [0.25, 0.3) is 0 Å². The molecule has 0 saturated heterocycles. The number of nitrogen functional groups attached to an aromatic ring is 1. The Labute approximate surface area is 89.6 Å². The van der Waals surface area contributed by atoms with E-state index in [2.05, 4.69) is 24.9 Å². The maximum atomic E-state index is 6.00. The fraction of sp³-hybridized carbons (Fsp3) is 0.250. The Balaban J connectivity index is 2.44. The van der Waals surface area contributed by atoms with E-state index < -0.39 is 0 Å². The van der Waals surface area contributed by atoms with Crippen molar-refractivity contribution in [1.82, 2.24) is 9.55 Å². The van der Waals surface area contributed by atoms with Crippen molar-refractivity contribution in [3.8, 4) is 5.69 Å². The lowest BCUT2D eigenvalue weighted by Crippen LogP contribution is -1.99. The van der Waals surface area contributed by atoms with E-state index in [1.54, 1.807) is 12.5 Å². The molecule has 0 saturated carbocycles. The van der Waals surface area contributed by atoms with Crippen LogP contribution in [0.3, 0.4) is 0 Å². The zero-order valence-electron chi connectivity index (χ0n) is 9.01. The molecule has 0 radical (unpaired) electrons. The molecule has 78 valence electrons. The first-order valence-corrected chi connectivity index (χ1v) is 5.06. The van der Waals surface area contributed by atoms with Gasteiger partial charge in [0.1, 0.15) is 0 Å². The number of anilines is 1. The van der Waals surface area contributed by atoms with Crippen molar-refractivity contribution in [3.63, 3.8) is 0 Å². The minimum absolute atomic E-state index is 0.504. The van der Waals surface area contributed by atoms with E-state index in [1.165, 1.54) is 5.56 Å². The van der Waals surface area contributed by atoms with Crippen molar-refractivity contribution < 1.29 is 0 Å². The fourth-order valence-corrected chi connectivity index (χ4v) is 1.57. The van der Waals surface area contributed by atoms with Gasteiger partial charge in [0.2, 0.25) is 0 Å². The molecule has 1 aromatic heterocycles. The summed E-state index contributed by atoms with van der Waals surface area (Å²) in [5.74, 6) is 0.504. The molecule has 2 aromatic rings. The SMILES string of the molecule is CC(C)c1ccc(-n2ccnc2)c(N)c1. The third kappa shape index (κ3) is 1.86. The smallest absolute Gasteiger partial charge is 0.0992 e. The molecular weight excluding hydrogens is 186 g/mol. The largest absolute Gasteiger partial charge is 0.397 e. The van der Waals surface area contributed by atoms with Crippen LogP contribution in [0.25, 0.3) is 5.69 Å². The second-order valence-electron chi connectivity index (χ2n) is 3.94. The summed E-state index contributed by atoms with van der Waals surface area (Å²) in [5.41, 5.74) is 9.04. The number of hydrogen-bond acceptors (Lipinski definition) is 2. The predicted molar refractivity (Wildman–Crippen MR) is 62.1 cm³/mol. The van der Waals surface area contributed by atoms with Gasteiger partial charge in [0.15, 0.2) is 0 Å². The molecule has 0 bridgehead atoms. The van der Waals surface area contributed by atoms with Gasteiger partial charge in [-0.1, -0.05) is 19.9 Å². The van der Waals surface area contributed by atoms with Gasteiger partial charge in [-0.2, -0.15) is 0 Å². The summed E-state index contributed by atoms with van der Waals surface area (Å²) in [5, 5.41) is 0. The van der Waals surface area contributed by atoms with Crippen molar-refractivity contribution in [3.05, 3.63) is 42.5 Å². The molecule has 0 fully saturated rings. The van der Waals surface area contributed by atoms with Crippen LogP contribution in [0.2, 0.25) is 0 Å². The summed E-state index contributed by atoms with van der Waals surface area (Å²) in [7, 11) is 0. The molecule has 1 heterocycles. The quantitative estimate of drug-likeness (QED) is 0.759. The Bertz CT molecular complexity index is 444. The van der Waals surface area contributed by atoms with Crippen molar-refractivity contribution in [2.24, 2.45) is 0 Å². The van der Waals surface area contributed by atoms with Crippen molar-refractivity contribution in [2.75, 3.05) is 5.73 Å². The van der Waals surface area contributed by atoms with E-state index in [9.17, 15) is 0 Å². The number of hydrogen-bond donors (Lipinski definition) is 1. The Morgan fingerprint density at radius 1 is 1.33 bits per heavy atom. The maximum absolute atomic E-state index is 6.00. The van der Waals surface area contributed by atoms with Crippen LogP contribution in [0.5, 0.6) is 0 Å². The minimum Gasteiger partial charge on any atom is -0.397 e. The van der Waals surface area contributed by atoms with Crippen LogP contribution in [0.15, 0.2) is 36.9 Å². The number of rotatable bonds is 2. The lowest BCUT2D eigenvalue weighted by molar-refractivity contribution is 0.866. The van der Waals surface area contributed by atoms with Gasteiger partial charge in [-0.15, -0.1) is 0 Å². The molecular formula is C12H15N3. The highest BCUT2D eigenvalue weighted by atomic mass is 15.0. The second-order valence-corrected chi connectivity index (χ2v) is 3.94. The van der Waals surface area contributed by atoms with Crippen molar-refractivity contribution in [2.45, 2.75) is 19.8 Å². The van der Waals surface area contributed by atoms with Crippen LogP contribution < -0.4 is 5.73 Å². The van der Waals surface area contributed by atoms with E-state index in [-0.39, 0.29) is 0 Å². The third-order valence-corrected chi connectivity index (χ3v) is 2.50. The van der Waals surface area contributed by atoms with Gasteiger partial charge in [0.05, 0.1) is 17.7 Å². The summed E-state index contributed by atoms with van der Waals surface area (Å²) in [6, 6.07) is 6.17. The summed E-state index contributed by atoms with van der Waals surface area (Å²) in [6.07, 6.45) is 5.39. The molecule has 2 N–H and O–H groups in total. The van der Waals surface area contributed by atoms with Crippen LogP contribution in [-0.2, 0) is 0 Å². The predicted octanol–water partition coefficient (Wildman–Crippen LogP) is 2.58. The Morgan fingerprint density at radius 3 is 2.67 bits per heavy atom. The molecule has 0 unspecified atom stereocenters. The highest BCUT2D eigenvalue weighted by Crippen LogP contribution is 2.22. The average molecular weight is 201 g/mol. The van der Waals surface area contributed by atoms with Crippen molar-refractivity contribution >= 4 is 5.69 Å². The van der Waals surface area contributed by atoms with Gasteiger partial charge in [0, 0.05) is 12.4 Å². The average Bonchev–Trinajstić information content (AvgIpc) is 2.70. The monoisotopic (exact) mass is 201 g/mol. The van der Waals surface area contributed by atoms with E-state index in [1.807, 2.05) is 22.9 Å².